The molecule has 0 aromatic heterocycles. The van der Waals surface area contributed by atoms with E-state index in [2.05, 4.69) is 15.4 Å². The number of halogens is 2. The van der Waals surface area contributed by atoms with Crippen LogP contribution in [0.1, 0.15) is 35.2 Å². The van der Waals surface area contributed by atoms with E-state index in [9.17, 15) is 13.6 Å². The number of aryl methyl sites for hydroxylation is 1. The van der Waals surface area contributed by atoms with E-state index in [1.165, 1.54) is 17.7 Å². The summed E-state index contributed by atoms with van der Waals surface area (Å²) in [5, 5.41) is 6.31. The Morgan fingerprint density at radius 1 is 0.903 bits per heavy atom. The third-order valence-electron chi connectivity index (χ3n) is 4.97. The van der Waals surface area contributed by atoms with Crippen LogP contribution in [-0.2, 0) is 11.3 Å². The van der Waals surface area contributed by atoms with Gasteiger partial charge in [0.2, 0.25) is 5.91 Å². The highest BCUT2D eigenvalue weighted by Gasteiger charge is 2.21. The van der Waals surface area contributed by atoms with Crippen LogP contribution in [0, 0.1) is 6.92 Å². The monoisotopic (exact) mass is 424 g/mol. The van der Waals surface area contributed by atoms with Gasteiger partial charge in [0.1, 0.15) is 5.75 Å². The van der Waals surface area contributed by atoms with Gasteiger partial charge in [-0.1, -0.05) is 72.3 Å². The van der Waals surface area contributed by atoms with E-state index in [4.69, 9.17) is 0 Å². The van der Waals surface area contributed by atoms with Gasteiger partial charge in [-0.15, -0.1) is 0 Å². The first-order valence-electron chi connectivity index (χ1n) is 10.1. The Kier molecular flexibility index (Phi) is 7.73. The summed E-state index contributed by atoms with van der Waals surface area (Å²) >= 11 is 0. The molecule has 2 atom stereocenters. The molecule has 0 radical (unpaired) electrons. The van der Waals surface area contributed by atoms with Crippen molar-refractivity contribution in [3.8, 4) is 5.75 Å². The van der Waals surface area contributed by atoms with Gasteiger partial charge in [0.15, 0.2) is 0 Å². The Bertz CT molecular complexity index is 961. The molecule has 0 aliphatic heterocycles. The summed E-state index contributed by atoms with van der Waals surface area (Å²) in [6.07, 6.45) is 0. The first-order chi connectivity index (χ1) is 14.9. The number of ether oxygens (including phenoxy) is 1. The fraction of sp³-hybridized carbons (Fsp3) is 0.240. The van der Waals surface area contributed by atoms with Gasteiger partial charge in [-0.3, -0.25) is 10.1 Å². The molecule has 3 aromatic carbocycles. The molecular weight excluding hydrogens is 398 g/mol. The number of hydrogen-bond donors (Lipinski definition) is 2. The molecule has 6 heteroatoms. The minimum Gasteiger partial charge on any atom is -0.435 e. The van der Waals surface area contributed by atoms with E-state index in [0.29, 0.717) is 6.54 Å². The van der Waals surface area contributed by atoms with Crippen molar-refractivity contribution in [2.24, 2.45) is 0 Å². The third-order valence-corrected chi connectivity index (χ3v) is 4.97. The van der Waals surface area contributed by atoms with Crippen LogP contribution in [-0.4, -0.2) is 18.6 Å². The maximum Gasteiger partial charge on any atom is 0.387 e. The van der Waals surface area contributed by atoms with Gasteiger partial charge in [-0.25, -0.2) is 0 Å². The first-order valence-corrected chi connectivity index (χ1v) is 10.1. The van der Waals surface area contributed by atoms with Crippen molar-refractivity contribution in [1.82, 2.24) is 10.6 Å². The molecule has 3 aromatic rings. The van der Waals surface area contributed by atoms with Gasteiger partial charge in [0.25, 0.3) is 0 Å². The summed E-state index contributed by atoms with van der Waals surface area (Å²) in [6, 6.07) is 23.3. The lowest BCUT2D eigenvalue weighted by molar-refractivity contribution is -0.123. The Morgan fingerprint density at radius 3 is 2.13 bits per heavy atom. The number of alkyl halides is 2. The molecule has 31 heavy (non-hydrogen) atoms. The minimum atomic E-state index is -2.87. The SMILES string of the molecule is Cc1ccc(CNC(=O)C(C)NC(c2ccccc2)c2ccc(OC(F)F)cc2)cc1. The summed E-state index contributed by atoms with van der Waals surface area (Å²) in [7, 11) is 0. The molecule has 0 spiro atoms. The highest BCUT2D eigenvalue weighted by molar-refractivity contribution is 5.81. The Labute approximate surface area is 181 Å². The van der Waals surface area contributed by atoms with Crippen LogP contribution in [0.5, 0.6) is 5.75 Å². The van der Waals surface area contributed by atoms with Crippen molar-refractivity contribution in [3.05, 3.63) is 101 Å². The summed E-state index contributed by atoms with van der Waals surface area (Å²) in [5.74, 6) is -0.0337. The van der Waals surface area contributed by atoms with E-state index < -0.39 is 12.7 Å². The summed E-state index contributed by atoms with van der Waals surface area (Å²) < 4.78 is 29.3. The zero-order valence-corrected chi connectivity index (χ0v) is 17.5. The van der Waals surface area contributed by atoms with E-state index in [0.717, 1.165) is 16.7 Å². The third kappa shape index (κ3) is 6.62. The summed E-state index contributed by atoms with van der Waals surface area (Å²) in [4.78, 5) is 12.7. The van der Waals surface area contributed by atoms with E-state index in [1.54, 1.807) is 19.1 Å². The molecule has 2 unspecified atom stereocenters. The van der Waals surface area contributed by atoms with Crippen LogP contribution in [0.25, 0.3) is 0 Å². The second kappa shape index (κ2) is 10.7. The average molecular weight is 424 g/mol. The molecule has 0 heterocycles. The molecule has 162 valence electrons. The van der Waals surface area contributed by atoms with Crippen molar-refractivity contribution < 1.29 is 18.3 Å². The van der Waals surface area contributed by atoms with Crippen LogP contribution >= 0.6 is 0 Å². The number of rotatable bonds is 9. The number of amides is 1. The lowest BCUT2D eigenvalue weighted by Gasteiger charge is -2.24. The van der Waals surface area contributed by atoms with Gasteiger partial charge in [0, 0.05) is 6.54 Å². The maximum atomic E-state index is 12.7. The standard InChI is InChI=1S/C25H26F2N2O2/c1-17-8-10-19(11-9-17)16-28-24(30)18(2)29-23(20-6-4-3-5-7-20)21-12-14-22(15-13-21)31-25(26)27/h3-15,18,23,25,29H,16H2,1-2H3,(H,28,30). The van der Waals surface area contributed by atoms with Gasteiger partial charge in [0.05, 0.1) is 12.1 Å². The predicted molar refractivity (Wildman–Crippen MR) is 117 cm³/mol. The molecular formula is C25H26F2N2O2. The van der Waals surface area contributed by atoms with Crippen molar-refractivity contribution >= 4 is 5.91 Å². The Hall–Kier alpha value is -3.25. The van der Waals surface area contributed by atoms with Crippen LogP contribution in [0.4, 0.5) is 8.78 Å². The molecule has 0 bridgehead atoms. The van der Waals surface area contributed by atoms with Crippen LogP contribution in [0.2, 0.25) is 0 Å². The number of nitrogens with one attached hydrogen (secondary N) is 2. The topological polar surface area (TPSA) is 50.4 Å². The summed E-state index contributed by atoms with van der Waals surface area (Å²) in [5.41, 5.74) is 4.00. The van der Waals surface area contributed by atoms with Crippen molar-refractivity contribution in [2.45, 2.75) is 39.1 Å². The van der Waals surface area contributed by atoms with Crippen molar-refractivity contribution in [3.63, 3.8) is 0 Å². The van der Waals surface area contributed by atoms with Gasteiger partial charge < -0.3 is 10.1 Å². The Morgan fingerprint density at radius 2 is 1.52 bits per heavy atom. The second-order valence-electron chi connectivity index (χ2n) is 7.38. The van der Waals surface area contributed by atoms with Crippen LogP contribution in [0.15, 0.2) is 78.9 Å². The van der Waals surface area contributed by atoms with Crippen LogP contribution in [0.3, 0.4) is 0 Å². The lowest BCUT2D eigenvalue weighted by Crippen LogP contribution is -2.43. The zero-order chi connectivity index (χ0) is 22.2. The van der Waals surface area contributed by atoms with E-state index >= 15 is 0 Å². The molecule has 1 amide bonds. The van der Waals surface area contributed by atoms with Crippen molar-refractivity contribution in [1.29, 1.82) is 0 Å². The van der Waals surface area contributed by atoms with Gasteiger partial charge in [-0.05, 0) is 42.7 Å². The molecule has 3 rings (SSSR count). The quantitative estimate of drug-likeness (QED) is 0.509. The minimum absolute atomic E-state index is 0.0921. The fourth-order valence-corrected chi connectivity index (χ4v) is 3.25. The second-order valence-corrected chi connectivity index (χ2v) is 7.38. The molecule has 2 N–H and O–H groups in total. The predicted octanol–water partition coefficient (Wildman–Crippen LogP) is 4.98. The number of benzene rings is 3. The van der Waals surface area contributed by atoms with E-state index in [1.807, 2.05) is 61.5 Å². The summed E-state index contributed by atoms with van der Waals surface area (Å²) in [6.45, 7) is 1.39. The fourth-order valence-electron chi connectivity index (χ4n) is 3.25. The maximum absolute atomic E-state index is 12.7. The van der Waals surface area contributed by atoms with Gasteiger partial charge >= 0.3 is 6.61 Å². The smallest absolute Gasteiger partial charge is 0.387 e. The highest BCUT2D eigenvalue weighted by atomic mass is 19.3. The van der Waals surface area contributed by atoms with Crippen LogP contribution < -0.4 is 15.4 Å². The average Bonchev–Trinajstić information content (AvgIpc) is 2.77. The van der Waals surface area contributed by atoms with Crippen molar-refractivity contribution in [2.75, 3.05) is 0 Å². The molecule has 0 aliphatic carbocycles. The lowest BCUT2D eigenvalue weighted by atomic mass is 9.97. The highest BCUT2D eigenvalue weighted by Crippen LogP contribution is 2.25. The normalized spacial score (nSPS) is 12.9. The number of hydrogen-bond acceptors (Lipinski definition) is 3. The number of carbonyl (C=O) groups is 1. The molecule has 0 fully saturated rings. The number of carbonyl (C=O) groups excluding carboxylic acids is 1. The van der Waals surface area contributed by atoms with E-state index in [-0.39, 0.29) is 17.7 Å². The largest absolute Gasteiger partial charge is 0.435 e. The molecule has 0 saturated heterocycles. The zero-order valence-electron chi connectivity index (χ0n) is 17.5. The molecule has 4 nitrogen and oxygen atoms in total. The van der Waals surface area contributed by atoms with Gasteiger partial charge in [-0.2, -0.15) is 8.78 Å². The molecule has 0 saturated carbocycles. The molecule has 0 aliphatic rings. The first kappa shape index (κ1) is 22.4. The Balaban J connectivity index is 1.70.